The highest BCUT2D eigenvalue weighted by Crippen LogP contribution is 2.32. The van der Waals surface area contributed by atoms with Crippen LogP contribution in [-0.2, 0) is 0 Å². The lowest BCUT2D eigenvalue weighted by Gasteiger charge is -2.25. The highest BCUT2D eigenvalue weighted by Gasteiger charge is 2.18. The second-order valence-electron chi connectivity index (χ2n) is 5.71. The summed E-state index contributed by atoms with van der Waals surface area (Å²) >= 11 is 6.34. The van der Waals surface area contributed by atoms with Gasteiger partial charge in [0.2, 0.25) is 0 Å². The minimum absolute atomic E-state index is 0.417. The Hall–Kier alpha value is -0.530. The Bertz CT molecular complexity index is 371. The molecule has 1 fully saturated rings. The van der Waals surface area contributed by atoms with E-state index >= 15 is 0 Å². The number of halogens is 1. The van der Waals surface area contributed by atoms with Crippen LogP contribution in [0.5, 0.6) is 0 Å². The molecule has 1 aliphatic rings. The molecule has 0 amide bonds. The van der Waals surface area contributed by atoms with Gasteiger partial charge in [-0.15, -0.1) is 0 Å². The summed E-state index contributed by atoms with van der Waals surface area (Å²) in [6.45, 7) is 3.17. The van der Waals surface area contributed by atoms with E-state index in [4.69, 9.17) is 11.6 Å². The van der Waals surface area contributed by atoms with E-state index in [2.05, 4.69) is 24.4 Å². The van der Waals surface area contributed by atoms with Crippen LogP contribution in [0, 0.1) is 5.92 Å². The van der Waals surface area contributed by atoms with Gasteiger partial charge in [0.15, 0.2) is 0 Å². The van der Waals surface area contributed by atoms with Crippen LogP contribution in [-0.4, -0.2) is 6.54 Å². The molecule has 1 aliphatic carbocycles. The summed E-state index contributed by atoms with van der Waals surface area (Å²) < 4.78 is 0. The second kappa shape index (κ2) is 7.91. The third-order valence-electron chi connectivity index (χ3n) is 4.32. The second-order valence-corrected chi connectivity index (χ2v) is 6.12. The molecule has 19 heavy (non-hydrogen) atoms. The van der Waals surface area contributed by atoms with Gasteiger partial charge in [-0.25, -0.2) is 0 Å². The smallest absolute Gasteiger partial charge is 0.0453 e. The number of hydrogen-bond donors (Lipinski definition) is 1. The van der Waals surface area contributed by atoms with Crippen LogP contribution < -0.4 is 5.32 Å². The van der Waals surface area contributed by atoms with Crippen molar-refractivity contribution in [2.24, 2.45) is 5.92 Å². The summed E-state index contributed by atoms with van der Waals surface area (Å²) in [4.78, 5) is 0. The van der Waals surface area contributed by atoms with Gasteiger partial charge in [-0.05, 0) is 36.9 Å². The van der Waals surface area contributed by atoms with Crippen molar-refractivity contribution in [2.75, 3.05) is 6.54 Å². The molecule has 1 atom stereocenters. The Labute approximate surface area is 122 Å². The van der Waals surface area contributed by atoms with Gasteiger partial charge in [0, 0.05) is 11.1 Å². The maximum Gasteiger partial charge on any atom is 0.0453 e. The van der Waals surface area contributed by atoms with Crippen molar-refractivity contribution < 1.29 is 0 Å². The molecule has 2 rings (SSSR count). The van der Waals surface area contributed by atoms with Gasteiger partial charge >= 0.3 is 0 Å². The molecule has 0 bridgehead atoms. The first kappa shape index (κ1) is 14.9. The Balaban J connectivity index is 1.94. The standard InChI is InChI=1S/C17H26ClN/c1-2-19-17(15-10-6-7-11-16(15)18)13-12-14-8-4-3-5-9-14/h6-7,10-11,14,17,19H,2-5,8-9,12-13H2,1H3. The first-order valence-electron chi connectivity index (χ1n) is 7.79. The van der Waals surface area contributed by atoms with Gasteiger partial charge in [-0.1, -0.05) is 68.8 Å². The summed E-state index contributed by atoms with van der Waals surface area (Å²) in [5.41, 5.74) is 1.27. The molecule has 106 valence electrons. The van der Waals surface area contributed by atoms with E-state index in [1.54, 1.807) is 0 Å². The van der Waals surface area contributed by atoms with E-state index in [-0.39, 0.29) is 0 Å². The fourth-order valence-corrected chi connectivity index (χ4v) is 3.52. The Morgan fingerprint density at radius 1 is 1.21 bits per heavy atom. The fourth-order valence-electron chi connectivity index (χ4n) is 3.25. The third-order valence-corrected chi connectivity index (χ3v) is 4.66. The van der Waals surface area contributed by atoms with Gasteiger partial charge in [0.1, 0.15) is 0 Å². The first-order valence-corrected chi connectivity index (χ1v) is 8.17. The van der Waals surface area contributed by atoms with Gasteiger partial charge < -0.3 is 5.32 Å². The maximum absolute atomic E-state index is 6.34. The molecule has 2 heteroatoms. The van der Waals surface area contributed by atoms with Crippen LogP contribution in [0.25, 0.3) is 0 Å². The molecule has 0 saturated heterocycles. The van der Waals surface area contributed by atoms with E-state index < -0.39 is 0 Å². The maximum atomic E-state index is 6.34. The molecule has 1 nitrogen and oxygen atoms in total. The average molecular weight is 280 g/mol. The average Bonchev–Trinajstić information content (AvgIpc) is 2.45. The van der Waals surface area contributed by atoms with Crippen LogP contribution in [0.4, 0.5) is 0 Å². The van der Waals surface area contributed by atoms with E-state index in [9.17, 15) is 0 Å². The Morgan fingerprint density at radius 3 is 2.63 bits per heavy atom. The molecule has 0 heterocycles. The first-order chi connectivity index (χ1) is 9.31. The lowest BCUT2D eigenvalue weighted by molar-refractivity contribution is 0.315. The van der Waals surface area contributed by atoms with Gasteiger partial charge in [-0.2, -0.15) is 0 Å². The molecule has 1 N–H and O–H groups in total. The Morgan fingerprint density at radius 2 is 1.95 bits per heavy atom. The zero-order valence-electron chi connectivity index (χ0n) is 12.0. The van der Waals surface area contributed by atoms with E-state index in [1.807, 2.05) is 12.1 Å². The largest absolute Gasteiger partial charge is 0.310 e. The predicted molar refractivity (Wildman–Crippen MR) is 83.7 cm³/mol. The van der Waals surface area contributed by atoms with Gasteiger partial charge in [0.05, 0.1) is 0 Å². The van der Waals surface area contributed by atoms with Crippen molar-refractivity contribution in [1.29, 1.82) is 0 Å². The van der Waals surface area contributed by atoms with Crippen LogP contribution in [0.2, 0.25) is 5.02 Å². The molecular formula is C17H26ClN. The summed E-state index contributed by atoms with van der Waals surface area (Å²) in [5.74, 6) is 0.942. The van der Waals surface area contributed by atoms with Crippen molar-refractivity contribution in [2.45, 2.75) is 57.9 Å². The minimum atomic E-state index is 0.417. The van der Waals surface area contributed by atoms with Crippen molar-refractivity contribution >= 4 is 11.6 Å². The SMILES string of the molecule is CCNC(CCC1CCCCC1)c1ccccc1Cl. The Kier molecular flexibility index (Phi) is 6.19. The molecule has 0 radical (unpaired) electrons. The number of benzene rings is 1. The van der Waals surface area contributed by atoms with E-state index in [1.165, 1.54) is 50.5 Å². The zero-order valence-corrected chi connectivity index (χ0v) is 12.8. The quantitative estimate of drug-likeness (QED) is 0.740. The minimum Gasteiger partial charge on any atom is -0.310 e. The monoisotopic (exact) mass is 279 g/mol. The third kappa shape index (κ3) is 4.50. The molecule has 0 spiro atoms. The highest BCUT2D eigenvalue weighted by molar-refractivity contribution is 6.31. The van der Waals surface area contributed by atoms with E-state index in [0.717, 1.165) is 17.5 Å². The van der Waals surface area contributed by atoms with Gasteiger partial charge in [-0.3, -0.25) is 0 Å². The molecule has 1 saturated carbocycles. The molecular weight excluding hydrogens is 254 g/mol. The number of rotatable bonds is 6. The van der Waals surface area contributed by atoms with Crippen molar-refractivity contribution in [3.63, 3.8) is 0 Å². The molecule has 0 aromatic heterocycles. The van der Waals surface area contributed by atoms with Crippen LogP contribution >= 0.6 is 11.6 Å². The molecule has 1 unspecified atom stereocenters. The molecule has 0 aliphatic heterocycles. The normalized spacial score (nSPS) is 18.4. The zero-order chi connectivity index (χ0) is 13.5. The summed E-state index contributed by atoms with van der Waals surface area (Å²) in [5, 5.41) is 4.49. The summed E-state index contributed by atoms with van der Waals surface area (Å²) in [6.07, 6.45) is 9.72. The molecule has 1 aromatic carbocycles. The van der Waals surface area contributed by atoms with Crippen LogP contribution in [0.1, 0.15) is 63.5 Å². The lowest BCUT2D eigenvalue weighted by atomic mass is 9.84. The topological polar surface area (TPSA) is 12.0 Å². The van der Waals surface area contributed by atoms with Crippen LogP contribution in [0.15, 0.2) is 24.3 Å². The number of nitrogens with one attached hydrogen (secondary N) is 1. The lowest BCUT2D eigenvalue weighted by Crippen LogP contribution is -2.22. The van der Waals surface area contributed by atoms with Gasteiger partial charge in [0.25, 0.3) is 0 Å². The highest BCUT2D eigenvalue weighted by atomic mass is 35.5. The van der Waals surface area contributed by atoms with E-state index in [0.29, 0.717) is 6.04 Å². The predicted octanol–water partition coefficient (Wildman–Crippen LogP) is 5.35. The number of hydrogen-bond acceptors (Lipinski definition) is 1. The molecule has 1 aromatic rings. The van der Waals surface area contributed by atoms with Crippen LogP contribution in [0.3, 0.4) is 0 Å². The van der Waals surface area contributed by atoms with Crippen molar-refractivity contribution in [3.05, 3.63) is 34.9 Å². The summed E-state index contributed by atoms with van der Waals surface area (Å²) in [6, 6.07) is 8.68. The van der Waals surface area contributed by atoms with Crippen molar-refractivity contribution in [3.8, 4) is 0 Å². The van der Waals surface area contributed by atoms with Crippen molar-refractivity contribution in [1.82, 2.24) is 5.32 Å². The fraction of sp³-hybridized carbons (Fsp3) is 0.647. The summed E-state index contributed by atoms with van der Waals surface area (Å²) in [7, 11) is 0.